The molecule has 0 radical (unpaired) electrons. The Bertz CT molecular complexity index is 274. The van der Waals surface area contributed by atoms with Crippen LogP contribution in [0.3, 0.4) is 0 Å². The molecule has 6 nitrogen and oxygen atoms in total. The summed E-state index contributed by atoms with van der Waals surface area (Å²) in [6.07, 6.45) is -0.163. The van der Waals surface area contributed by atoms with Crippen molar-refractivity contribution in [3.05, 3.63) is 0 Å². The smallest absolute Gasteiger partial charge is 0.306 e. The van der Waals surface area contributed by atoms with Crippen LogP contribution in [0.4, 0.5) is 0 Å². The molecule has 14 heavy (non-hydrogen) atoms. The lowest BCUT2D eigenvalue weighted by atomic mass is 10.5. The second-order valence-electron chi connectivity index (χ2n) is 2.46. The number of nitrogens with zero attached hydrogens (tertiary/aromatic N) is 1. The maximum atomic E-state index is 11.3. The molecular formula is C7H15NO5S. The summed E-state index contributed by atoms with van der Waals surface area (Å²) in [6, 6.07) is 0. The van der Waals surface area contributed by atoms with Crippen LogP contribution in [0, 0.1) is 0 Å². The van der Waals surface area contributed by atoms with E-state index in [0.29, 0.717) is 4.47 Å². The monoisotopic (exact) mass is 225 g/mol. The van der Waals surface area contributed by atoms with Gasteiger partial charge in [-0.25, -0.2) is 8.42 Å². The van der Waals surface area contributed by atoms with Gasteiger partial charge < -0.3 is 4.74 Å². The molecule has 84 valence electrons. The average molecular weight is 225 g/mol. The predicted octanol–water partition coefficient (Wildman–Crippen LogP) is -0.237. The average Bonchev–Trinajstić information content (AvgIpc) is 2.14. The van der Waals surface area contributed by atoms with Crippen LogP contribution in [0.1, 0.15) is 13.3 Å². The minimum Gasteiger partial charge on any atom is -0.466 e. The first-order valence-corrected chi connectivity index (χ1v) is 5.71. The molecule has 0 aromatic carbocycles. The highest BCUT2D eigenvalue weighted by molar-refractivity contribution is 7.88. The fraction of sp³-hybridized carbons (Fsp3) is 0.857. The van der Waals surface area contributed by atoms with E-state index >= 15 is 0 Å². The Morgan fingerprint density at radius 3 is 2.43 bits per heavy atom. The Morgan fingerprint density at radius 2 is 2.00 bits per heavy atom. The molecule has 0 rings (SSSR count). The van der Waals surface area contributed by atoms with E-state index in [2.05, 4.69) is 9.57 Å². The van der Waals surface area contributed by atoms with Crippen molar-refractivity contribution in [2.75, 3.05) is 26.5 Å². The highest BCUT2D eigenvalue weighted by Crippen LogP contribution is 2.00. The topological polar surface area (TPSA) is 72.9 Å². The molecule has 0 saturated heterocycles. The summed E-state index contributed by atoms with van der Waals surface area (Å²) in [6.45, 7) is 1.91. The van der Waals surface area contributed by atoms with Gasteiger partial charge in [0.05, 0.1) is 25.9 Å². The van der Waals surface area contributed by atoms with Gasteiger partial charge in [0.15, 0.2) is 0 Å². The Labute approximate surface area is 83.8 Å². The number of sulfonamides is 1. The molecule has 0 spiro atoms. The lowest BCUT2D eigenvalue weighted by Gasteiger charge is -2.13. The lowest BCUT2D eigenvalue weighted by Crippen LogP contribution is -2.29. The van der Waals surface area contributed by atoms with Crippen LogP contribution in [0.2, 0.25) is 0 Å². The zero-order valence-electron chi connectivity index (χ0n) is 8.52. The minimum absolute atomic E-state index is 0.163. The van der Waals surface area contributed by atoms with E-state index in [1.165, 1.54) is 14.2 Å². The van der Waals surface area contributed by atoms with Crippen LogP contribution in [0.5, 0.6) is 0 Å². The van der Waals surface area contributed by atoms with Crippen molar-refractivity contribution in [2.24, 2.45) is 0 Å². The number of hydrogen-bond donors (Lipinski definition) is 0. The minimum atomic E-state index is -3.51. The molecule has 0 N–H and O–H groups in total. The number of carbonyl (C=O) groups excluding carboxylic acids is 1. The SMILES string of the molecule is CCOC(=O)CCS(=O)(=O)N(C)OC. The first-order chi connectivity index (χ1) is 6.44. The van der Waals surface area contributed by atoms with E-state index in [9.17, 15) is 13.2 Å². The van der Waals surface area contributed by atoms with Gasteiger partial charge in [0, 0.05) is 7.05 Å². The molecule has 0 amide bonds. The van der Waals surface area contributed by atoms with E-state index in [0.717, 1.165) is 0 Å². The Balaban J connectivity index is 4.06. The molecule has 0 aliphatic heterocycles. The summed E-state index contributed by atoms with van der Waals surface area (Å²) in [5.41, 5.74) is 0. The van der Waals surface area contributed by atoms with Gasteiger partial charge in [0.25, 0.3) is 0 Å². The standard InChI is InChI=1S/C7H15NO5S/c1-4-13-7(9)5-6-14(10,11)8(2)12-3/h4-6H2,1-3H3. The van der Waals surface area contributed by atoms with E-state index in [4.69, 9.17) is 0 Å². The van der Waals surface area contributed by atoms with Crippen molar-refractivity contribution < 1.29 is 22.8 Å². The van der Waals surface area contributed by atoms with Gasteiger partial charge in [-0.2, -0.15) is 0 Å². The van der Waals surface area contributed by atoms with Crippen molar-refractivity contribution in [3.8, 4) is 0 Å². The zero-order valence-corrected chi connectivity index (χ0v) is 9.33. The van der Waals surface area contributed by atoms with Gasteiger partial charge in [-0.15, -0.1) is 0 Å². The van der Waals surface area contributed by atoms with Gasteiger partial charge in [0.1, 0.15) is 0 Å². The lowest BCUT2D eigenvalue weighted by molar-refractivity contribution is -0.142. The number of hydroxylamine groups is 1. The van der Waals surface area contributed by atoms with Crippen LogP contribution in [-0.2, 0) is 24.4 Å². The third kappa shape index (κ3) is 4.54. The van der Waals surface area contributed by atoms with Crippen LogP contribution >= 0.6 is 0 Å². The van der Waals surface area contributed by atoms with Gasteiger partial charge in [-0.1, -0.05) is 4.47 Å². The van der Waals surface area contributed by atoms with Crippen LogP contribution in [0.25, 0.3) is 0 Å². The molecule has 0 unspecified atom stereocenters. The zero-order chi connectivity index (χ0) is 11.2. The Kier molecular flexibility index (Phi) is 5.66. The van der Waals surface area contributed by atoms with E-state index in [1.54, 1.807) is 6.92 Å². The van der Waals surface area contributed by atoms with Crippen molar-refractivity contribution in [2.45, 2.75) is 13.3 Å². The van der Waals surface area contributed by atoms with Crippen molar-refractivity contribution in [1.82, 2.24) is 4.47 Å². The predicted molar refractivity (Wildman–Crippen MR) is 49.8 cm³/mol. The normalized spacial score (nSPS) is 11.7. The third-order valence-electron chi connectivity index (χ3n) is 1.52. The van der Waals surface area contributed by atoms with Crippen molar-refractivity contribution >= 4 is 16.0 Å². The molecule has 0 aliphatic carbocycles. The number of carbonyl (C=O) groups is 1. The second kappa shape index (κ2) is 5.94. The molecule has 0 atom stereocenters. The Hall–Kier alpha value is -0.660. The maximum absolute atomic E-state index is 11.3. The highest BCUT2D eigenvalue weighted by Gasteiger charge is 2.19. The van der Waals surface area contributed by atoms with Gasteiger partial charge >= 0.3 is 5.97 Å². The quantitative estimate of drug-likeness (QED) is 0.461. The first-order valence-electron chi connectivity index (χ1n) is 4.10. The fourth-order valence-corrected chi connectivity index (χ4v) is 1.60. The summed E-state index contributed by atoms with van der Waals surface area (Å²) in [5, 5.41) is 0. The summed E-state index contributed by atoms with van der Waals surface area (Å²) in [5.74, 6) is -0.837. The molecule has 0 aromatic heterocycles. The molecule has 0 aromatic rings. The maximum Gasteiger partial charge on any atom is 0.306 e. The van der Waals surface area contributed by atoms with Crippen LogP contribution in [-0.4, -0.2) is 45.4 Å². The molecule has 0 bridgehead atoms. The number of hydrogen-bond acceptors (Lipinski definition) is 5. The first kappa shape index (κ1) is 13.3. The molecule has 0 heterocycles. The molecule has 7 heteroatoms. The van der Waals surface area contributed by atoms with E-state index in [-0.39, 0.29) is 18.8 Å². The van der Waals surface area contributed by atoms with Crippen LogP contribution < -0.4 is 0 Å². The highest BCUT2D eigenvalue weighted by atomic mass is 32.2. The largest absolute Gasteiger partial charge is 0.466 e. The van der Waals surface area contributed by atoms with Gasteiger partial charge in [-0.3, -0.25) is 9.63 Å². The summed E-state index contributed by atoms with van der Waals surface area (Å²) >= 11 is 0. The van der Waals surface area contributed by atoms with Gasteiger partial charge in [-0.05, 0) is 6.92 Å². The molecule has 0 saturated carbocycles. The number of rotatable bonds is 6. The third-order valence-corrected chi connectivity index (χ3v) is 3.17. The fourth-order valence-electron chi connectivity index (χ4n) is 0.688. The van der Waals surface area contributed by atoms with Crippen molar-refractivity contribution in [3.63, 3.8) is 0 Å². The second-order valence-corrected chi connectivity index (χ2v) is 4.55. The van der Waals surface area contributed by atoms with Crippen molar-refractivity contribution in [1.29, 1.82) is 0 Å². The number of esters is 1. The molecule has 0 fully saturated rings. The molecular weight excluding hydrogens is 210 g/mol. The summed E-state index contributed by atoms with van der Waals surface area (Å²) < 4.78 is 27.8. The summed E-state index contributed by atoms with van der Waals surface area (Å²) in [4.78, 5) is 15.4. The van der Waals surface area contributed by atoms with E-state index in [1.807, 2.05) is 0 Å². The van der Waals surface area contributed by atoms with E-state index < -0.39 is 16.0 Å². The van der Waals surface area contributed by atoms with Gasteiger partial charge in [0.2, 0.25) is 10.0 Å². The summed E-state index contributed by atoms with van der Waals surface area (Å²) in [7, 11) is -1.01. The molecule has 0 aliphatic rings. The number of ether oxygens (including phenoxy) is 1. The Morgan fingerprint density at radius 1 is 1.43 bits per heavy atom. The van der Waals surface area contributed by atoms with Crippen LogP contribution in [0.15, 0.2) is 0 Å².